The number of aromatic nitrogens is 2. The molecule has 0 bridgehead atoms. The fourth-order valence-corrected chi connectivity index (χ4v) is 4.22. The van der Waals surface area contributed by atoms with Gasteiger partial charge in [-0.1, -0.05) is 12.7 Å². The molecule has 0 fully saturated rings. The van der Waals surface area contributed by atoms with E-state index in [0.29, 0.717) is 0 Å². The molecule has 1 aliphatic carbocycles. The molecule has 0 amide bonds. The first kappa shape index (κ1) is 21.0. The van der Waals surface area contributed by atoms with Crippen LogP contribution >= 0.6 is 0 Å². The Bertz CT molecular complexity index is 957. The van der Waals surface area contributed by atoms with E-state index in [9.17, 15) is 0 Å². The third-order valence-corrected chi connectivity index (χ3v) is 5.58. The SMILES string of the molecule is C=C1CCCc2c1cc(Cn1ccnc1C)cc2/C(=C/N(C)C)C(=CC)N(C)C. The summed E-state index contributed by atoms with van der Waals surface area (Å²) in [6.45, 7) is 9.39. The van der Waals surface area contributed by atoms with E-state index < -0.39 is 0 Å². The third kappa shape index (κ3) is 4.47. The number of fused-ring (bicyclic) bond motifs is 1. The highest BCUT2D eigenvalue weighted by atomic mass is 15.1. The first-order valence-electron chi connectivity index (χ1n) is 10.4. The van der Waals surface area contributed by atoms with Crippen molar-refractivity contribution in [1.82, 2.24) is 19.4 Å². The van der Waals surface area contributed by atoms with Crippen LogP contribution in [0.3, 0.4) is 0 Å². The number of allylic oxidation sites excluding steroid dienone is 3. The van der Waals surface area contributed by atoms with Gasteiger partial charge in [0.2, 0.25) is 0 Å². The Kier molecular flexibility index (Phi) is 6.31. The normalized spacial score (nSPS) is 14.8. The monoisotopic (exact) mass is 390 g/mol. The smallest absolute Gasteiger partial charge is 0.105 e. The molecule has 0 N–H and O–H groups in total. The number of nitrogens with zero attached hydrogens (tertiary/aromatic N) is 4. The van der Waals surface area contributed by atoms with E-state index in [2.05, 4.69) is 98.6 Å². The van der Waals surface area contributed by atoms with Crippen molar-refractivity contribution in [2.24, 2.45) is 0 Å². The minimum atomic E-state index is 0.821. The van der Waals surface area contributed by atoms with Crippen LogP contribution in [-0.4, -0.2) is 47.5 Å². The van der Waals surface area contributed by atoms with Crippen molar-refractivity contribution in [3.8, 4) is 0 Å². The number of rotatable bonds is 6. The first-order chi connectivity index (χ1) is 13.8. The van der Waals surface area contributed by atoms with Crippen molar-refractivity contribution in [3.63, 3.8) is 0 Å². The lowest BCUT2D eigenvalue weighted by atomic mass is 9.81. The lowest BCUT2D eigenvalue weighted by Crippen LogP contribution is -2.17. The van der Waals surface area contributed by atoms with Gasteiger partial charge in [0.1, 0.15) is 5.82 Å². The third-order valence-electron chi connectivity index (χ3n) is 5.58. The molecule has 1 aromatic heterocycles. The second-order valence-corrected chi connectivity index (χ2v) is 8.30. The Morgan fingerprint density at radius 3 is 2.55 bits per heavy atom. The molecule has 29 heavy (non-hydrogen) atoms. The van der Waals surface area contributed by atoms with Crippen LogP contribution in [0.1, 0.15) is 47.8 Å². The maximum Gasteiger partial charge on any atom is 0.105 e. The van der Waals surface area contributed by atoms with Gasteiger partial charge in [0, 0.05) is 64.6 Å². The van der Waals surface area contributed by atoms with Crippen molar-refractivity contribution < 1.29 is 0 Å². The molecule has 154 valence electrons. The summed E-state index contributed by atoms with van der Waals surface area (Å²) in [5, 5.41) is 0. The average Bonchev–Trinajstić information content (AvgIpc) is 3.06. The molecular weight excluding hydrogens is 356 g/mol. The summed E-state index contributed by atoms with van der Waals surface area (Å²) in [7, 11) is 8.41. The van der Waals surface area contributed by atoms with Gasteiger partial charge in [-0.05, 0) is 73.1 Å². The van der Waals surface area contributed by atoms with Gasteiger partial charge in [-0.15, -0.1) is 0 Å². The fraction of sp³-hybridized carbons (Fsp3) is 0.400. The summed E-state index contributed by atoms with van der Waals surface area (Å²) >= 11 is 0. The summed E-state index contributed by atoms with van der Waals surface area (Å²) in [6, 6.07) is 4.72. The second kappa shape index (κ2) is 8.73. The average molecular weight is 391 g/mol. The molecule has 0 radical (unpaired) electrons. The standard InChI is InChI=1S/C25H34N4/c1-8-25(28(6)7)24(17-27(4)5)23-15-20(16-29-13-12-26-19(29)3)14-22-18(2)10-9-11-21(22)23/h8,12-15,17H,2,9-11,16H2,1,3-7H3/b24-17-,25-8?. The summed E-state index contributed by atoms with van der Waals surface area (Å²) in [5.41, 5.74) is 9.13. The number of imidazole rings is 1. The van der Waals surface area contributed by atoms with Gasteiger partial charge in [-0.3, -0.25) is 0 Å². The van der Waals surface area contributed by atoms with Crippen molar-refractivity contribution in [2.45, 2.75) is 39.7 Å². The van der Waals surface area contributed by atoms with Crippen molar-refractivity contribution in [3.05, 3.63) is 77.2 Å². The van der Waals surface area contributed by atoms with Crippen LogP contribution < -0.4 is 0 Å². The molecule has 3 rings (SSSR count). The number of likely N-dealkylation sites (N-methyl/N-ethyl adjacent to an activating group) is 1. The van der Waals surface area contributed by atoms with Gasteiger partial charge in [0.05, 0.1) is 0 Å². The molecule has 1 heterocycles. The lowest BCUT2D eigenvalue weighted by Gasteiger charge is -2.28. The maximum absolute atomic E-state index is 4.40. The first-order valence-corrected chi connectivity index (χ1v) is 10.4. The Balaban J connectivity index is 2.22. The predicted molar refractivity (Wildman–Crippen MR) is 124 cm³/mol. The zero-order chi connectivity index (χ0) is 21.1. The molecule has 0 spiro atoms. The van der Waals surface area contributed by atoms with Crippen LogP contribution in [0.15, 0.2) is 49.1 Å². The molecule has 4 nitrogen and oxygen atoms in total. The quantitative estimate of drug-likeness (QED) is 0.652. The van der Waals surface area contributed by atoms with Crippen LogP contribution in [-0.2, 0) is 13.0 Å². The minimum Gasteiger partial charge on any atom is -0.383 e. The Labute approximate surface area is 175 Å². The van der Waals surface area contributed by atoms with Gasteiger partial charge < -0.3 is 14.4 Å². The van der Waals surface area contributed by atoms with Crippen molar-refractivity contribution >= 4 is 11.1 Å². The highest BCUT2D eigenvalue weighted by Crippen LogP contribution is 2.38. The number of aryl methyl sites for hydroxylation is 1. The molecule has 0 saturated heterocycles. The van der Waals surface area contributed by atoms with Gasteiger partial charge in [-0.25, -0.2) is 4.98 Å². The van der Waals surface area contributed by atoms with Crippen LogP contribution in [0.25, 0.3) is 11.1 Å². The summed E-state index contributed by atoms with van der Waals surface area (Å²) in [4.78, 5) is 8.73. The second-order valence-electron chi connectivity index (χ2n) is 8.30. The topological polar surface area (TPSA) is 24.3 Å². The van der Waals surface area contributed by atoms with Crippen LogP contribution in [0.2, 0.25) is 0 Å². The number of hydrogen-bond donors (Lipinski definition) is 0. The lowest BCUT2D eigenvalue weighted by molar-refractivity contribution is 0.524. The molecule has 1 aromatic carbocycles. The van der Waals surface area contributed by atoms with Crippen LogP contribution in [0.5, 0.6) is 0 Å². The van der Waals surface area contributed by atoms with E-state index in [-0.39, 0.29) is 0 Å². The number of benzene rings is 1. The zero-order valence-corrected chi connectivity index (χ0v) is 18.8. The van der Waals surface area contributed by atoms with E-state index in [1.807, 2.05) is 6.20 Å². The molecule has 1 aliphatic rings. The zero-order valence-electron chi connectivity index (χ0n) is 18.8. The van der Waals surface area contributed by atoms with E-state index in [1.54, 1.807) is 0 Å². The highest BCUT2D eigenvalue weighted by molar-refractivity contribution is 5.84. The van der Waals surface area contributed by atoms with Crippen LogP contribution in [0, 0.1) is 6.92 Å². The van der Waals surface area contributed by atoms with Crippen molar-refractivity contribution in [1.29, 1.82) is 0 Å². The molecule has 0 saturated carbocycles. The van der Waals surface area contributed by atoms with Gasteiger partial charge >= 0.3 is 0 Å². The Morgan fingerprint density at radius 2 is 1.97 bits per heavy atom. The van der Waals surface area contributed by atoms with Gasteiger partial charge in [0.25, 0.3) is 0 Å². The fourth-order valence-electron chi connectivity index (χ4n) is 4.22. The van der Waals surface area contributed by atoms with Gasteiger partial charge in [0.15, 0.2) is 0 Å². The predicted octanol–water partition coefficient (Wildman–Crippen LogP) is 4.96. The van der Waals surface area contributed by atoms with E-state index in [4.69, 9.17) is 0 Å². The molecule has 0 unspecified atom stereocenters. The molecule has 0 aliphatic heterocycles. The minimum absolute atomic E-state index is 0.821. The highest BCUT2D eigenvalue weighted by Gasteiger charge is 2.22. The van der Waals surface area contributed by atoms with Gasteiger partial charge in [-0.2, -0.15) is 0 Å². The van der Waals surface area contributed by atoms with E-state index in [1.165, 1.54) is 45.5 Å². The Morgan fingerprint density at radius 1 is 1.21 bits per heavy atom. The largest absolute Gasteiger partial charge is 0.383 e. The number of hydrogen-bond acceptors (Lipinski definition) is 3. The summed E-state index contributed by atoms with van der Waals surface area (Å²) in [5.74, 6) is 1.04. The van der Waals surface area contributed by atoms with E-state index >= 15 is 0 Å². The molecule has 4 heteroatoms. The summed E-state index contributed by atoms with van der Waals surface area (Å²) in [6.07, 6.45) is 11.7. The Hall–Kier alpha value is -2.75. The van der Waals surface area contributed by atoms with Crippen LogP contribution in [0.4, 0.5) is 0 Å². The summed E-state index contributed by atoms with van der Waals surface area (Å²) < 4.78 is 2.20. The molecule has 2 aromatic rings. The molecule has 0 atom stereocenters. The van der Waals surface area contributed by atoms with E-state index in [0.717, 1.165) is 25.2 Å². The maximum atomic E-state index is 4.40. The van der Waals surface area contributed by atoms with Crippen molar-refractivity contribution in [2.75, 3.05) is 28.2 Å². The molecular formula is C25H34N4.